The molecule has 4 heteroatoms. The number of nitrogens with zero attached hydrogens (tertiary/aromatic N) is 1. The van der Waals surface area contributed by atoms with Crippen molar-refractivity contribution in [2.24, 2.45) is 5.92 Å². The van der Waals surface area contributed by atoms with Crippen LogP contribution in [0, 0.1) is 5.92 Å². The van der Waals surface area contributed by atoms with Crippen LogP contribution >= 0.6 is 0 Å². The quantitative estimate of drug-likeness (QED) is 0.775. The highest BCUT2D eigenvalue weighted by molar-refractivity contribution is 5.69. The molecule has 0 aromatic rings. The Morgan fingerprint density at radius 2 is 2.18 bits per heavy atom. The summed E-state index contributed by atoms with van der Waals surface area (Å²) in [4.78, 5) is 12.8. The molecule has 0 spiro atoms. The van der Waals surface area contributed by atoms with Crippen LogP contribution in [0.1, 0.15) is 40.5 Å². The van der Waals surface area contributed by atoms with Gasteiger partial charge in [-0.1, -0.05) is 13.8 Å². The molecule has 17 heavy (non-hydrogen) atoms. The van der Waals surface area contributed by atoms with Crippen LogP contribution in [0.2, 0.25) is 0 Å². The summed E-state index contributed by atoms with van der Waals surface area (Å²) in [6.07, 6.45) is 2.27. The summed E-state index contributed by atoms with van der Waals surface area (Å²) in [6, 6.07) is 0. The molecule has 0 bridgehead atoms. The van der Waals surface area contributed by atoms with E-state index in [9.17, 15) is 4.79 Å². The first-order valence-electron chi connectivity index (χ1n) is 6.40. The van der Waals surface area contributed by atoms with Crippen LogP contribution in [0.3, 0.4) is 0 Å². The molecular formula is C13H25NO3. The van der Waals surface area contributed by atoms with Crippen molar-refractivity contribution in [3.63, 3.8) is 0 Å². The van der Waals surface area contributed by atoms with E-state index in [2.05, 4.69) is 27.7 Å². The molecular weight excluding hydrogens is 218 g/mol. The average molecular weight is 243 g/mol. The molecule has 0 aromatic carbocycles. The lowest BCUT2D eigenvalue weighted by atomic mass is 10.1. The van der Waals surface area contributed by atoms with E-state index < -0.39 is 5.97 Å². The summed E-state index contributed by atoms with van der Waals surface area (Å²) in [6.45, 7) is 10.1. The van der Waals surface area contributed by atoms with E-state index in [4.69, 9.17) is 9.84 Å². The molecule has 4 nitrogen and oxygen atoms in total. The van der Waals surface area contributed by atoms with Gasteiger partial charge < -0.3 is 9.84 Å². The van der Waals surface area contributed by atoms with E-state index >= 15 is 0 Å². The number of rotatable bonds is 6. The Morgan fingerprint density at radius 3 is 2.59 bits per heavy atom. The van der Waals surface area contributed by atoms with Gasteiger partial charge in [0, 0.05) is 13.1 Å². The molecule has 1 aliphatic heterocycles. The fourth-order valence-electron chi connectivity index (χ4n) is 2.41. The first-order chi connectivity index (χ1) is 7.78. The Bertz CT molecular complexity index is 263. The summed E-state index contributed by atoms with van der Waals surface area (Å²) in [5, 5.41) is 8.89. The van der Waals surface area contributed by atoms with Crippen LogP contribution in [0.15, 0.2) is 0 Å². The minimum Gasteiger partial charge on any atom is -0.480 e. The fourth-order valence-corrected chi connectivity index (χ4v) is 2.41. The zero-order valence-corrected chi connectivity index (χ0v) is 11.4. The lowest BCUT2D eigenvalue weighted by Gasteiger charge is -2.26. The molecule has 0 saturated carbocycles. The minimum absolute atomic E-state index is 0.0443. The van der Waals surface area contributed by atoms with E-state index in [1.807, 2.05) is 4.90 Å². The largest absolute Gasteiger partial charge is 0.480 e. The van der Waals surface area contributed by atoms with Crippen molar-refractivity contribution in [3.05, 3.63) is 0 Å². The number of carboxylic acid groups (broad SMARTS) is 1. The summed E-state index contributed by atoms with van der Waals surface area (Å²) in [5.74, 6) is -0.285. The monoisotopic (exact) mass is 243 g/mol. The predicted molar refractivity (Wildman–Crippen MR) is 67.1 cm³/mol. The Hall–Kier alpha value is -0.610. The van der Waals surface area contributed by atoms with Crippen LogP contribution < -0.4 is 0 Å². The molecule has 0 amide bonds. The first-order valence-corrected chi connectivity index (χ1v) is 6.40. The van der Waals surface area contributed by atoms with Crippen molar-refractivity contribution in [1.29, 1.82) is 0 Å². The van der Waals surface area contributed by atoms with Gasteiger partial charge in [-0.05, 0) is 32.6 Å². The average Bonchev–Trinajstić information content (AvgIpc) is 2.42. The number of aliphatic carboxylic acids is 1. The standard InChI is InChI=1S/C13H25NO3/c1-10(2)7-14(9-12(15)16)8-11-5-6-13(3,4)17-11/h10-11H,5-9H2,1-4H3,(H,15,16). The molecule has 100 valence electrons. The van der Waals surface area contributed by atoms with Gasteiger partial charge in [0.15, 0.2) is 0 Å². The molecule has 1 rings (SSSR count). The van der Waals surface area contributed by atoms with Gasteiger partial charge in [-0.3, -0.25) is 9.69 Å². The highest BCUT2D eigenvalue weighted by atomic mass is 16.5. The zero-order chi connectivity index (χ0) is 13.1. The summed E-state index contributed by atoms with van der Waals surface area (Å²) in [5.41, 5.74) is -0.0443. The number of carbonyl (C=O) groups is 1. The third-order valence-corrected chi connectivity index (χ3v) is 3.00. The topological polar surface area (TPSA) is 49.8 Å². The molecule has 0 aliphatic carbocycles. The van der Waals surface area contributed by atoms with E-state index in [0.29, 0.717) is 5.92 Å². The number of carboxylic acids is 1. The van der Waals surface area contributed by atoms with Gasteiger partial charge in [0.1, 0.15) is 0 Å². The van der Waals surface area contributed by atoms with Crippen LogP contribution in [-0.2, 0) is 9.53 Å². The smallest absolute Gasteiger partial charge is 0.317 e. The highest BCUT2D eigenvalue weighted by Crippen LogP contribution is 2.29. The lowest BCUT2D eigenvalue weighted by Crippen LogP contribution is -2.39. The predicted octanol–water partition coefficient (Wildman–Crippen LogP) is 1.99. The summed E-state index contributed by atoms with van der Waals surface area (Å²) in [7, 11) is 0. The van der Waals surface area contributed by atoms with Gasteiger partial charge in [0.2, 0.25) is 0 Å². The Labute approximate surface area is 104 Å². The van der Waals surface area contributed by atoms with Crippen molar-refractivity contribution in [2.75, 3.05) is 19.6 Å². The highest BCUT2D eigenvalue weighted by Gasteiger charge is 2.32. The van der Waals surface area contributed by atoms with Crippen molar-refractivity contribution >= 4 is 5.97 Å². The Kier molecular flexibility index (Phi) is 4.95. The molecule has 0 aromatic heterocycles. The third kappa shape index (κ3) is 5.50. The Morgan fingerprint density at radius 1 is 1.53 bits per heavy atom. The summed E-state index contributed by atoms with van der Waals surface area (Å²) < 4.78 is 5.91. The van der Waals surface area contributed by atoms with Crippen molar-refractivity contribution in [1.82, 2.24) is 4.90 Å². The third-order valence-electron chi connectivity index (χ3n) is 3.00. The van der Waals surface area contributed by atoms with Gasteiger partial charge in [-0.15, -0.1) is 0 Å². The number of hydrogen-bond donors (Lipinski definition) is 1. The van der Waals surface area contributed by atoms with Crippen molar-refractivity contribution in [2.45, 2.75) is 52.2 Å². The van der Waals surface area contributed by atoms with Gasteiger partial charge in [-0.25, -0.2) is 0 Å². The van der Waals surface area contributed by atoms with Crippen LogP contribution in [0.5, 0.6) is 0 Å². The van der Waals surface area contributed by atoms with Crippen LogP contribution in [-0.4, -0.2) is 47.3 Å². The fraction of sp³-hybridized carbons (Fsp3) is 0.923. The van der Waals surface area contributed by atoms with Crippen molar-refractivity contribution in [3.8, 4) is 0 Å². The Balaban J connectivity index is 2.45. The van der Waals surface area contributed by atoms with E-state index in [0.717, 1.165) is 25.9 Å². The second-order valence-corrected chi connectivity index (χ2v) is 6.02. The van der Waals surface area contributed by atoms with E-state index in [1.54, 1.807) is 0 Å². The van der Waals surface area contributed by atoms with Crippen molar-refractivity contribution < 1.29 is 14.6 Å². The maximum atomic E-state index is 10.8. The number of ether oxygens (including phenoxy) is 1. The second kappa shape index (κ2) is 5.83. The normalized spacial score (nSPS) is 23.5. The lowest BCUT2D eigenvalue weighted by molar-refractivity contribution is -0.139. The molecule has 1 heterocycles. The molecule has 1 aliphatic rings. The van der Waals surface area contributed by atoms with Gasteiger partial charge in [0.05, 0.1) is 18.2 Å². The summed E-state index contributed by atoms with van der Waals surface area (Å²) >= 11 is 0. The molecule has 1 atom stereocenters. The first kappa shape index (κ1) is 14.5. The van der Waals surface area contributed by atoms with Crippen LogP contribution in [0.25, 0.3) is 0 Å². The van der Waals surface area contributed by atoms with Crippen LogP contribution in [0.4, 0.5) is 0 Å². The van der Waals surface area contributed by atoms with E-state index in [1.165, 1.54) is 0 Å². The maximum Gasteiger partial charge on any atom is 0.317 e. The molecule has 1 unspecified atom stereocenters. The van der Waals surface area contributed by atoms with E-state index in [-0.39, 0.29) is 18.2 Å². The molecule has 1 fully saturated rings. The minimum atomic E-state index is -0.761. The molecule has 0 radical (unpaired) electrons. The molecule has 1 saturated heterocycles. The van der Waals surface area contributed by atoms with Gasteiger partial charge >= 0.3 is 5.97 Å². The SMILES string of the molecule is CC(C)CN(CC(=O)O)CC1CCC(C)(C)O1. The van der Waals surface area contributed by atoms with Gasteiger partial charge in [0.25, 0.3) is 0 Å². The number of hydrogen-bond acceptors (Lipinski definition) is 3. The zero-order valence-electron chi connectivity index (χ0n) is 11.4. The maximum absolute atomic E-state index is 10.8. The second-order valence-electron chi connectivity index (χ2n) is 6.02. The van der Waals surface area contributed by atoms with Gasteiger partial charge in [-0.2, -0.15) is 0 Å². The molecule has 1 N–H and O–H groups in total.